The molecular formula is C18H30N2O3. The van der Waals surface area contributed by atoms with E-state index in [2.05, 4.69) is 4.90 Å². The molecule has 0 aromatic carbocycles. The largest absolute Gasteiger partial charge is 0.461 e. The summed E-state index contributed by atoms with van der Waals surface area (Å²) in [5, 5.41) is 0. The number of carbonyl (C=O) groups is 2. The zero-order valence-corrected chi connectivity index (χ0v) is 14.3. The van der Waals surface area contributed by atoms with E-state index >= 15 is 0 Å². The lowest BCUT2D eigenvalue weighted by Crippen LogP contribution is -2.53. The fourth-order valence-corrected chi connectivity index (χ4v) is 4.28. The SMILES string of the molecule is C[C@@H]1C[C@H](N2CCN(C(=O)CCC3CCCCC3)CC2)C(=O)O1. The van der Waals surface area contributed by atoms with E-state index in [0.29, 0.717) is 12.3 Å². The first-order chi connectivity index (χ1) is 11.1. The number of hydrogen-bond donors (Lipinski definition) is 0. The third-order valence-corrected chi connectivity index (χ3v) is 5.74. The number of cyclic esters (lactones) is 1. The predicted octanol–water partition coefficient (Wildman–Crippen LogP) is 2.20. The lowest BCUT2D eigenvalue weighted by Gasteiger charge is -2.36. The van der Waals surface area contributed by atoms with Gasteiger partial charge in [0.2, 0.25) is 5.91 Å². The topological polar surface area (TPSA) is 49.9 Å². The summed E-state index contributed by atoms with van der Waals surface area (Å²) in [6.07, 6.45) is 9.25. The highest BCUT2D eigenvalue weighted by molar-refractivity contribution is 5.78. The minimum atomic E-state index is -0.0931. The molecule has 1 amide bonds. The maximum absolute atomic E-state index is 12.4. The Labute approximate surface area is 139 Å². The zero-order valence-electron chi connectivity index (χ0n) is 14.3. The van der Waals surface area contributed by atoms with Crippen LogP contribution in [0.1, 0.15) is 58.3 Å². The Morgan fingerprint density at radius 1 is 1.13 bits per heavy atom. The first-order valence-corrected chi connectivity index (χ1v) is 9.36. The van der Waals surface area contributed by atoms with Crippen molar-refractivity contribution in [3.05, 3.63) is 0 Å². The molecule has 0 N–H and O–H groups in total. The van der Waals surface area contributed by atoms with Crippen molar-refractivity contribution in [3.63, 3.8) is 0 Å². The van der Waals surface area contributed by atoms with Crippen LogP contribution in [0.15, 0.2) is 0 Å². The minimum Gasteiger partial charge on any atom is -0.461 e. The summed E-state index contributed by atoms with van der Waals surface area (Å²) in [4.78, 5) is 28.4. The van der Waals surface area contributed by atoms with Gasteiger partial charge in [0.25, 0.3) is 0 Å². The Bertz CT molecular complexity index is 426. The number of piperazine rings is 1. The Balaban J connectivity index is 1.39. The monoisotopic (exact) mass is 322 g/mol. The van der Waals surface area contributed by atoms with Crippen molar-refractivity contribution in [2.75, 3.05) is 26.2 Å². The molecule has 0 bridgehead atoms. The minimum absolute atomic E-state index is 0.0302. The van der Waals surface area contributed by atoms with E-state index in [9.17, 15) is 9.59 Å². The molecular weight excluding hydrogens is 292 g/mol. The average Bonchev–Trinajstić information content (AvgIpc) is 2.92. The van der Waals surface area contributed by atoms with E-state index in [1.807, 2.05) is 11.8 Å². The first kappa shape index (κ1) is 16.7. The zero-order chi connectivity index (χ0) is 16.2. The van der Waals surface area contributed by atoms with Gasteiger partial charge in [-0.2, -0.15) is 0 Å². The van der Waals surface area contributed by atoms with E-state index in [1.165, 1.54) is 32.1 Å². The quantitative estimate of drug-likeness (QED) is 0.745. The first-order valence-electron chi connectivity index (χ1n) is 9.36. The molecule has 3 fully saturated rings. The second-order valence-electron chi connectivity index (χ2n) is 7.46. The molecule has 0 radical (unpaired) electrons. The summed E-state index contributed by atoms with van der Waals surface area (Å²) in [7, 11) is 0. The van der Waals surface area contributed by atoms with E-state index in [0.717, 1.165) is 44.9 Å². The highest BCUT2D eigenvalue weighted by Gasteiger charge is 2.38. The van der Waals surface area contributed by atoms with E-state index < -0.39 is 0 Å². The van der Waals surface area contributed by atoms with Gasteiger partial charge in [-0.15, -0.1) is 0 Å². The van der Waals surface area contributed by atoms with Gasteiger partial charge in [0.15, 0.2) is 0 Å². The number of carbonyl (C=O) groups excluding carboxylic acids is 2. The van der Waals surface area contributed by atoms with Gasteiger partial charge in [-0.3, -0.25) is 14.5 Å². The molecule has 5 heteroatoms. The molecule has 1 aliphatic carbocycles. The standard InChI is InChI=1S/C18H30N2O3/c1-14-13-16(18(22)23-14)19-9-11-20(12-10-19)17(21)8-7-15-5-3-2-4-6-15/h14-16H,2-13H2,1H3/t14-,16+/m1/s1. The Kier molecular flexibility index (Phi) is 5.57. The van der Waals surface area contributed by atoms with Crippen LogP contribution in [-0.2, 0) is 14.3 Å². The van der Waals surface area contributed by atoms with Crippen LogP contribution < -0.4 is 0 Å². The number of amides is 1. The number of esters is 1. The van der Waals surface area contributed by atoms with Gasteiger partial charge in [-0.05, 0) is 19.3 Å². The summed E-state index contributed by atoms with van der Waals surface area (Å²) in [6, 6.07) is -0.0931. The van der Waals surface area contributed by atoms with Gasteiger partial charge < -0.3 is 9.64 Å². The van der Waals surface area contributed by atoms with Gasteiger partial charge >= 0.3 is 5.97 Å². The molecule has 2 aliphatic heterocycles. The molecule has 23 heavy (non-hydrogen) atoms. The molecule has 2 atom stereocenters. The van der Waals surface area contributed by atoms with Crippen LogP contribution in [0.4, 0.5) is 0 Å². The van der Waals surface area contributed by atoms with Crippen molar-refractivity contribution in [1.29, 1.82) is 0 Å². The average molecular weight is 322 g/mol. The van der Waals surface area contributed by atoms with E-state index in [1.54, 1.807) is 0 Å². The number of rotatable bonds is 4. The molecule has 0 aromatic heterocycles. The van der Waals surface area contributed by atoms with E-state index in [4.69, 9.17) is 4.74 Å². The van der Waals surface area contributed by atoms with Crippen molar-refractivity contribution >= 4 is 11.9 Å². The van der Waals surface area contributed by atoms with Gasteiger partial charge in [-0.1, -0.05) is 32.1 Å². The third kappa shape index (κ3) is 4.25. The second-order valence-corrected chi connectivity index (χ2v) is 7.46. The molecule has 2 heterocycles. The normalized spacial score (nSPS) is 30.5. The molecule has 130 valence electrons. The molecule has 0 spiro atoms. The van der Waals surface area contributed by atoms with Gasteiger partial charge in [0.05, 0.1) is 0 Å². The fourth-order valence-electron chi connectivity index (χ4n) is 4.28. The Morgan fingerprint density at radius 2 is 1.83 bits per heavy atom. The summed E-state index contributed by atoms with van der Waals surface area (Å²) < 4.78 is 5.25. The molecule has 0 aromatic rings. The van der Waals surface area contributed by atoms with Crippen LogP contribution in [0.2, 0.25) is 0 Å². The van der Waals surface area contributed by atoms with Crippen LogP contribution in [0, 0.1) is 5.92 Å². The summed E-state index contributed by atoms with van der Waals surface area (Å²) in [5.74, 6) is 0.982. The molecule has 3 aliphatic rings. The van der Waals surface area contributed by atoms with Crippen molar-refractivity contribution in [2.24, 2.45) is 5.92 Å². The summed E-state index contributed by atoms with van der Waals surface area (Å²) in [6.45, 7) is 5.04. The van der Waals surface area contributed by atoms with Crippen LogP contribution in [-0.4, -0.2) is 60.0 Å². The molecule has 1 saturated carbocycles. The van der Waals surface area contributed by atoms with Crippen molar-refractivity contribution in [1.82, 2.24) is 9.80 Å². The maximum atomic E-state index is 12.4. The fraction of sp³-hybridized carbons (Fsp3) is 0.889. The predicted molar refractivity (Wildman–Crippen MR) is 87.9 cm³/mol. The molecule has 5 nitrogen and oxygen atoms in total. The lowest BCUT2D eigenvalue weighted by atomic mass is 9.86. The van der Waals surface area contributed by atoms with Crippen molar-refractivity contribution < 1.29 is 14.3 Å². The Morgan fingerprint density at radius 3 is 2.43 bits per heavy atom. The highest BCUT2D eigenvalue weighted by atomic mass is 16.6. The van der Waals surface area contributed by atoms with Gasteiger partial charge in [0.1, 0.15) is 12.1 Å². The van der Waals surface area contributed by atoms with E-state index in [-0.39, 0.29) is 18.1 Å². The Hall–Kier alpha value is -1.10. The number of nitrogens with zero attached hydrogens (tertiary/aromatic N) is 2. The van der Waals surface area contributed by atoms with Crippen LogP contribution in [0.25, 0.3) is 0 Å². The van der Waals surface area contributed by atoms with Crippen molar-refractivity contribution in [3.8, 4) is 0 Å². The maximum Gasteiger partial charge on any atom is 0.323 e. The lowest BCUT2D eigenvalue weighted by molar-refractivity contribution is -0.145. The highest BCUT2D eigenvalue weighted by Crippen LogP contribution is 2.27. The van der Waals surface area contributed by atoms with Gasteiger partial charge in [0, 0.05) is 39.0 Å². The summed E-state index contributed by atoms with van der Waals surface area (Å²) in [5.41, 5.74) is 0. The third-order valence-electron chi connectivity index (χ3n) is 5.74. The van der Waals surface area contributed by atoms with Crippen LogP contribution >= 0.6 is 0 Å². The summed E-state index contributed by atoms with van der Waals surface area (Å²) >= 11 is 0. The molecule has 3 rings (SSSR count). The second kappa shape index (κ2) is 7.65. The number of ether oxygens (including phenoxy) is 1. The van der Waals surface area contributed by atoms with Crippen molar-refractivity contribution in [2.45, 2.75) is 70.4 Å². The molecule has 0 unspecified atom stereocenters. The number of hydrogen-bond acceptors (Lipinski definition) is 4. The smallest absolute Gasteiger partial charge is 0.323 e. The molecule has 2 saturated heterocycles. The van der Waals surface area contributed by atoms with Gasteiger partial charge in [-0.25, -0.2) is 0 Å². The van der Waals surface area contributed by atoms with Crippen LogP contribution in [0.3, 0.4) is 0 Å². The van der Waals surface area contributed by atoms with Crippen LogP contribution in [0.5, 0.6) is 0 Å².